The van der Waals surface area contributed by atoms with Crippen molar-refractivity contribution in [1.29, 1.82) is 5.41 Å². The first-order valence-corrected chi connectivity index (χ1v) is 9.76. The lowest BCUT2D eigenvalue weighted by Gasteiger charge is -2.25. The van der Waals surface area contributed by atoms with E-state index in [9.17, 15) is 0 Å². The Morgan fingerprint density at radius 2 is 1.30 bits per heavy atom. The molecule has 4 heteroatoms. The quantitative estimate of drug-likeness (QED) is 0.430. The predicted molar refractivity (Wildman–Crippen MR) is 122 cm³/mol. The summed E-state index contributed by atoms with van der Waals surface area (Å²) < 4.78 is 0. The lowest BCUT2D eigenvalue weighted by Crippen LogP contribution is -2.18. The fourth-order valence-corrected chi connectivity index (χ4v) is 1.93. The number of nitrogens with one attached hydrogen (secondary N) is 1. The van der Waals surface area contributed by atoms with Crippen molar-refractivity contribution in [2.75, 3.05) is 0 Å². The van der Waals surface area contributed by atoms with Crippen LogP contribution < -0.4 is 0 Å². The Kier molecular flexibility index (Phi) is 14.2. The Bertz CT molecular complexity index is 702. The molecule has 3 nitrogen and oxygen atoms in total. The third-order valence-electron chi connectivity index (χ3n) is 3.57. The van der Waals surface area contributed by atoms with Gasteiger partial charge in [-0.2, -0.15) is 0 Å². The minimum atomic E-state index is -0.102. The Hall–Kier alpha value is -2.00. The largest absolute Gasteiger partial charge is 0.310 e. The third-order valence-corrected chi connectivity index (χ3v) is 3.77. The molecule has 2 aromatic heterocycles. The van der Waals surface area contributed by atoms with E-state index in [0.29, 0.717) is 10.7 Å². The van der Waals surface area contributed by atoms with Gasteiger partial charge in [-0.3, -0.25) is 9.97 Å². The molecule has 0 aromatic carbocycles. The zero-order valence-corrected chi connectivity index (χ0v) is 19.2. The van der Waals surface area contributed by atoms with Gasteiger partial charge in [0.2, 0.25) is 0 Å². The smallest absolute Gasteiger partial charge is 0.0595 e. The topological polar surface area (TPSA) is 49.6 Å². The fourth-order valence-electron chi connectivity index (χ4n) is 1.76. The van der Waals surface area contributed by atoms with Crippen LogP contribution in [0.1, 0.15) is 67.9 Å². The Balaban J connectivity index is 0. The van der Waals surface area contributed by atoms with Gasteiger partial charge in [-0.25, -0.2) is 0 Å². The van der Waals surface area contributed by atoms with Gasteiger partial charge in [0.05, 0.1) is 5.02 Å². The molecular weight excluding hydrogens is 354 g/mol. The van der Waals surface area contributed by atoms with Crippen molar-refractivity contribution in [3.63, 3.8) is 0 Å². The summed E-state index contributed by atoms with van der Waals surface area (Å²) in [6, 6.07) is 4.01. The highest BCUT2D eigenvalue weighted by Gasteiger charge is 2.22. The van der Waals surface area contributed by atoms with E-state index in [4.69, 9.17) is 17.0 Å². The number of hydrogen-bond acceptors (Lipinski definition) is 3. The van der Waals surface area contributed by atoms with Gasteiger partial charge in [-0.1, -0.05) is 65.3 Å². The van der Waals surface area contributed by atoms with Crippen molar-refractivity contribution in [3.8, 4) is 11.1 Å². The zero-order chi connectivity index (χ0) is 21.6. The summed E-state index contributed by atoms with van der Waals surface area (Å²) in [6.07, 6.45) is 7.13. The van der Waals surface area contributed by atoms with Crippen molar-refractivity contribution < 1.29 is 0 Å². The first-order valence-electron chi connectivity index (χ1n) is 9.38. The van der Waals surface area contributed by atoms with Gasteiger partial charge in [0.25, 0.3) is 0 Å². The van der Waals surface area contributed by atoms with E-state index in [0.717, 1.165) is 22.3 Å². The molecule has 0 fully saturated rings. The van der Waals surface area contributed by atoms with Crippen LogP contribution in [-0.2, 0) is 5.41 Å². The fraction of sp³-hybridized carbons (Fsp3) is 0.435. The number of hydrogen-bond donors (Lipinski definition) is 1. The number of halogens is 1. The van der Waals surface area contributed by atoms with Gasteiger partial charge >= 0.3 is 0 Å². The molecule has 150 valence electrons. The molecule has 0 aliphatic heterocycles. The molecule has 0 aliphatic rings. The molecule has 0 saturated heterocycles. The molecule has 0 unspecified atom stereocenters. The maximum absolute atomic E-state index is 6.50. The summed E-state index contributed by atoms with van der Waals surface area (Å²) in [5.74, 6) is 0. The molecule has 0 spiro atoms. The summed E-state index contributed by atoms with van der Waals surface area (Å²) in [5.41, 5.74) is 4.80. The average Bonchev–Trinajstić information content (AvgIpc) is 2.64. The number of rotatable bonds is 3. The highest BCUT2D eigenvalue weighted by Crippen LogP contribution is 2.32. The van der Waals surface area contributed by atoms with Crippen LogP contribution in [0.4, 0.5) is 0 Å². The Morgan fingerprint density at radius 1 is 0.889 bits per heavy atom. The summed E-state index contributed by atoms with van der Waals surface area (Å²) in [6.45, 7) is 21.9. The summed E-state index contributed by atoms with van der Waals surface area (Å²) >= 11 is 5.98. The van der Waals surface area contributed by atoms with E-state index < -0.39 is 0 Å². The van der Waals surface area contributed by atoms with E-state index in [1.165, 1.54) is 0 Å². The molecular formula is C23H36ClN3. The van der Waals surface area contributed by atoms with Gasteiger partial charge in [0, 0.05) is 47.0 Å². The zero-order valence-electron chi connectivity index (χ0n) is 18.4. The normalized spacial score (nSPS) is 9.41. The van der Waals surface area contributed by atoms with Crippen molar-refractivity contribution in [1.82, 2.24) is 9.97 Å². The van der Waals surface area contributed by atoms with Crippen LogP contribution in [-0.4, -0.2) is 15.7 Å². The second kappa shape index (κ2) is 14.1. The highest BCUT2D eigenvalue weighted by molar-refractivity contribution is 6.30. The molecule has 0 bridgehead atoms. The van der Waals surface area contributed by atoms with Crippen LogP contribution in [0.3, 0.4) is 0 Å². The van der Waals surface area contributed by atoms with Crippen molar-refractivity contribution in [2.45, 2.75) is 67.7 Å². The highest BCUT2D eigenvalue weighted by atomic mass is 35.5. The lowest BCUT2D eigenvalue weighted by molar-refractivity contribution is 0.623. The first-order chi connectivity index (χ1) is 12.6. The van der Waals surface area contributed by atoms with Crippen molar-refractivity contribution in [2.24, 2.45) is 0 Å². The molecule has 0 amide bonds. The number of nitrogens with zero attached hydrogens (tertiary/aromatic N) is 2. The summed E-state index contributed by atoms with van der Waals surface area (Å²) in [5, 5.41) is 7.13. The maximum atomic E-state index is 6.50. The molecule has 0 saturated carbocycles. The van der Waals surface area contributed by atoms with Gasteiger partial charge in [0.1, 0.15) is 0 Å². The maximum Gasteiger partial charge on any atom is 0.0595 e. The Morgan fingerprint density at radius 3 is 1.70 bits per heavy atom. The predicted octanol–water partition coefficient (Wildman–Crippen LogP) is 7.75. The summed E-state index contributed by atoms with van der Waals surface area (Å²) in [4.78, 5) is 8.44. The second-order valence-electron chi connectivity index (χ2n) is 6.26. The lowest BCUT2D eigenvalue weighted by atomic mass is 9.79. The van der Waals surface area contributed by atoms with Gasteiger partial charge in [0.15, 0.2) is 0 Å². The molecule has 1 N–H and O–H groups in total. The minimum absolute atomic E-state index is 0.102. The van der Waals surface area contributed by atoms with E-state index in [2.05, 4.69) is 36.5 Å². The van der Waals surface area contributed by atoms with Gasteiger partial charge in [-0.15, -0.1) is 0 Å². The van der Waals surface area contributed by atoms with E-state index in [-0.39, 0.29) is 5.41 Å². The Labute approximate surface area is 171 Å². The van der Waals surface area contributed by atoms with Crippen molar-refractivity contribution in [3.05, 3.63) is 59.7 Å². The van der Waals surface area contributed by atoms with Crippen LogP contribution in [0.5, 0.6) is 0 Å². The minimum Gasteiger partial charge on any atom is -0.310 e. The average molecular weight is 390 g/mol. The number of aromatic nitrogens is 2. The summed E-state index contributed by atoms with van der Waals surface area (Å²) in [7, 11) is 0. The number of allylic oxidation sites excluding steroid dienone is 1. The van der Waals surface area contributed by atoms with Gasteiger partial charge < -0.3 is 5.41 Å². The molecule has 2 heterocycles. The van der Waals surface area contributed by atoms with E-state index in [1.807, 2.05) is 53.1 Å². The molecule has 2 aromatic rings. The molecule has 0 radical (unpaired) electrons. The number of pyridine rings is 2. The van der Waals surface area contributed by atoms with E-state index in [1.54, 1.807) is 26.2 Å². The SMILES string of the molecule is C=C(C)C(C)(C)c1cncc(-c2cncc(Cl)c2)c1.CC.CC.CC(C)=N. The van der Waals surface area contributed by atoms with Crippen LogP contribution in [0.2, 0.25) is 5.02 Å². The first kappa shape index (κ1) is 27.2. The second-order valence-corrected chi connectivity index (χ2v) is 6.70. The molecule has 27 heavy (non-hydrogen) atoms. The molecule has 0 aliphatic carbocycles. The standard InChI is InChI=1S/C16H17ClN2.C3H7N.2C2H6/c1-11(2)16(3,4)14-5-12(7-18-9-14)13-6-15(17)10-19-8-13;1-3(2)4;2*1-2/h5-10H,1H2,2-4H3;4H,1-2H3;2*1-2H3. The monoisotopic (exact) mass is 389 g/mol. The van der Waals surface area contributed by atoms with Crippen LogP contribution in [0.15, 0.2) is 49.1 Å². The van der Waals surface area contributed by atoms with Gasteiger partial charge in [-0.05, 0) is 38.5 Å². The molecule has 0 atom stereocenters. The molecule has 2 rings (SSSR count). The van der Waals surface area contributed by atoms with E-state index >= 15 is 0 Å². The van der Waals surface area contributed by atoms with Crippen LogP contribution >= 0.6 is 11.6 Å². The van der Waals surface area contributed by atoms with Crippen molar-refractivity contribution >= 4 is 17.3 Å². The third kappa shape index (κ3) is 10.0. The van der Waals surface area contributed by atoms with Crippen LogP contribution in [0.25, 0.3) is 11.1 Å². The van der Waals surface area contributed by atoms with Crippen LogP contribution in [0, 0.1) is 5.41 Å².